The topological polar surface area (TPSA) is 90.9 Å². The molecule has 0 unspecified atom stereocenters. The van der Waals surface area contributed by atoms with E-state index in [0.29, 0.717) is 42.6 Å². The van der Waals surface area contributed by atoms with Crippen LogP contribution in [0.5, 0.6) is 17.2 Å². The van der Waals surface area contributed by atoms with E-state index in [1.54, 1.807) is 30.3 Å². The van der Waals surface area contributed by atoms with Crippen molar-refractivity contribution in [1.82, 2.24) is 0 Å². The van der Waals surface area contributed by atoms with E-state index >= 15 is 0 Å². The first-order valence-electron chi connectivity index (χ1n) is 10.1. The van der Waals surface area contributed by atoms with E-state index in [1.165, 1.54) is 12.1 Å². The summed E-state index contributed by atoms with van der Waals surface area (Å²) in [5.74, 6) is 1.30. The molecule has 3 aromatic rings. The Kier molecular flexibility index (Phi) is 7.72. The SMILES string of the molecule is CCOc1cc(C(=O)Nc2cccc(S(C)(=O)=O)c2)ccc1OCCOc1ccccc1. The summed E-state index contributed by atoms with van der Waals surface area (Å²) in [7, 11) is -3.37. The smallest absolute Gasteiger partial charge is 0.255 e. The molecule has 0 radical (unpaired) electrons. The standard InChI is InChI=1S/C24H25NO6S/c1-3-29-23-16-18(24(26)25-19-8-7-11-21(17-19)32(2,27)28)12-13-22(23)31-15-14-30-20-9-5-4-6-10-20/h4-13,16-17H,3,14-15H2,1-2H3,(H,25,26). The van der Waals surface area contributed by atoms with E-state index in [1.807, 2.05) is 37.3 Å². The van der Waals surface area contributed by atoms with Crippen molar-refractivity contribution in [2.75, 3.05) is 31.4 Å². The quantitative estimate of drug-likeness (QED) is 0.461. The minimum Gasteiger partial charge on any atom is -0.490 e. The number of carbonyl (C=O) groups is 1. The maximum absolute atomic E-state index is 12.7. The highest BCUT2D eigenvalue weighted by Crippen LogP contribution is 2.29. The fraction of sp³-hybridized carbons (Fsp3) is 0.208. The van der Waals surface area contributed by atoms with Crippen LogP contribution in [0.1, 0.15) is 17.3 Å². The number of sulfone groups is 1. The summed E-state index contributed by atoms with van der Waals surface area (Å²) >= 11 is 0. The van der Waals surface area contributed by atoms with Crippen molar-refractivity contribution in [3.05, 3.63) is 78.4 Å². The molecule has 0 aliphatic rings. The van der Waals surface area contributed by atoms with Gasteiger partial charge in [-0.25, -0.2) is 8.42 Å². The zero-order chi connectivity index (χ0) is 23.0. The third-order valence-electron chi connectivity index (χ3n) is 4.38. The van der Waals surface area contributed by atoms with Gasteiger partial charge in [0.25, 0.3) is 5.91 Å². The number of nitrogens with one attached hydrogen (secondary N) is 1. The lowest BCUT2D eigenvalue weighted by atomic mass is 10.2. The average molecular weight is 456 g/mol. The van der Waals surface area contributed by atoms with Gasteiger partial charge in [0.2, 0.25) is 0 Å². The van der Waals surface area contributed by atoms with Crippen molar-refractivity contribution in [2.24, 2.45) is 0 Å². The van der Waals surface area contributed by atoms with Crippen molar-refractivity contribution in [3.8, 4) is 17.2 Å². The van der Waals surface area contributed by atoms with Crippen molar-refractivity contribution >= 4 is 21.4 Å². The molecule has 168 valence electrons. The monoisotopic (exact) mass is 455 g/mol. The molecule has 0 fully saturated rings. The molecule has 8 heteroatoms. The van der Waals surface area contributed by atoms with Gasteiger partial charge >= 0.3 is 0 Å². The molecule has 7 nitrogen and oxygen atoms in total. The Morgan fingerprint density at radius 2 is 1.59 bits per heavy atom. The van der Waals surface area contributed by atoms with Gasteiger partial charge in [0, 0.05) is 17.5 Å². The second-order valence-electron chi connectivity index (χ2n) is 6.86. The maximum Gasteiger partial charge on any atom is 0.255 e. The van der Waals surface area contributed by atoms with Gasteiger partial charge in [-0.2, -0.15) is 0 Å². The van der Waals surface area contributed by atoms with Crippen LogP contribution >= 0.6 is 0 Å². The maximum atomic E-state index is 12.7. The lowest BCUT2D eigenvalue weighted by Gasteiger charge is -2.14. The van der Waals surface area contributed by atoms with Crippen molar-refractivity contribution in [2.45, 2.75) is 11.8 Å². The van der Waals surface area contributed by atoms with Gasteiger partial charge in [-0.15, -0.1) is 0 Å². The second kappa shape index (κ2) is 10.7. The van der Waals surface area contributed by atoms with E-state index in [9.17, 15) is 13.2 Å². The van der Waals surface area contributed by atoms with Crippen LogP contribution in [0, 0.1) is 0 Å². The van der Waals surface area contributed by atoms with E-state index in [4.69, 9.17) is 14.2 Å². The molecular formula is C24H25NO6S. The number of anilines is 1. The number of para-hydroxylation sites is 1. The highest BCUT2D eigenvalue weighted by Gasteiger charge is 2.14. The van der Waals surface area contributed by atoms with Gasteiger partial charge < -0.3 is 19.5 Å². The lowest BCUT2D eigenvalue weighted by molar-refractivity contribution is 0.102. The highest BCUT2D eigenvalue weighted by molar-refractivity contribution is 7.90. The Bertz CT molecular complexity index is 1160. The van der Waals surface area contributed by atoms with E-state index in [0.717, 1.165) is 12.0 Å². The predicted octanol–water partition coefficient (Wildman–Crippen LogP) is 4.20. The van der Waals surface area contributed by atoms with Crippen molar-refractivity contribution in [1.29, 1.82) is 0 Å². The number of benzene rings is 3. The number of carbonyl (C=O) groups excluding carboxylic acids is 1. The molecule has 0 saturated heterocycles. The summed E-state index contributed by atoms with van der Waals surface area (Å²) in [4.78, 5) is 12.8. The first-order chi connectivity index (χ1) is 15.4. The second-order valence-corrected chi connectivity index (χ2v) is 8.87. The Balaban J connectivity index is 1.66. The molecule has 0 spiro atoms. The molecule has 0 atom stereocenters. The summed E-state index contributed by atoms with van der Waals surface area (Å²) in [6.07, 6.45) is 1.12. The number of rotatable bonds is 10. The largest absolute Gasteiger partial charge is 0.490 e. The van der Waals surface area contributed by atoms with Crippen LogP contribution < -0.4 is 19.5 Å². The van der Waals surface area contributed by atoms with Crippen LogP contribution in [0.15, 0.2) is 77.7 Å². The van der Waals surface area contributed by atoms with Gasteiger partial charge in [-0.3, -0.25) is 4.79 Å². The van der Waals surface area contributed by atoms with Gasteiger partial charge in [0.05, 0.1) is 11.5 Å². The zero-order valence-electron chi connectivity index (χ0n) is 17.9. The molecule has 0 bridgehead atoms. The predicted molar refractivity (Wildman–Crippen MR) is 123 cm³/mol. The van der Waals surface area contributed by atoms with E-state index < -0.39 is 15.7 Å². The summed E-state index contributed by atoms with van der Waals surface area (Å²) in [5.41, 5.74) is 0.736. The molecule has 1 N–H and O–H groups in total. The molecule has 0 aromatic heterocycles. The van der Waals surface area contributed by atoms with Crippen LogP contribution in [0.3, 0.4) is 0 Å². The first kappa shape index (κ1) is 23.1. The van der Waals surface area contributed by atoms with Gasteiger partial charge in [0.1, 0.15) is 19.0 Å². The third kappa shape index (κ3) is 6.49. The van der Waals surface area contributed by atoms with Crippen LogP contribution in [0.4, 0.5) is 5.69 Å². The number of hydrogen-bond donors (Lipinski definition) is 1. The van der Waals surface area contributed by atoms with E-state index in [-0.39, 0.29) is 4.90 Å². The summed E-state index contributed by atoms with van der Waals surface area (Å²) in [5, 5.41) is 2.71. The van der Waals surface area contributed by atoms with Crippen molar-refractivity contribution < 1.29 is 27.4 Å². The number of amides is 1. The van der Waals surface area contributed by atoms with Gasteiger partial charge in [-0.1, -0.05) is 24.3 Å². The molecule has 3 rings (SSSR count). The van der Waals surface area contributed by atoms with Gasteiger partial charge in [-0.05, 0) is 55.5 Å². The van der Waals surface area contributed by atoms with Crippen LogP contribution in [-0.2, 0) is 9.84 Å². The molecular weight excluding hydrogens is 430 g/mol. The molecule has 0 aliphatic carbocycles. The fourth-order valence-electron chi connectivity index (χ4n) is 2.87. The Morgan fingerprint density at radius 1 is 0.844 bits per heavy atom. The lowest BCUT2D eigenvalue weighted by Crippen LogP contribution is -2.13. The third-order valence-corrected chi connectivity index (χ3v) is 5.49. The highest BCUT2D eigenvalue weighted by atomic mass is 32.2. The fourth-order valence-corrected chi connectivity index (χ4v) is 3.54. The molecule has 0 saturated carbocycles. The number of hydrogen-bond acceptors (Lipinski definition) is 6. The Labute approximate surface area is 187 Å². The first-order valence-corrected chi connectivity index (χ1v) is 11.9. The Morgan fingerprint density at radius 3 is 2.31 bits per heavy atom. The summed E-state index contributed by atoms with van der Waals surface area (Å²) in [6, 6.07) is 20.4. The van der Waals surface area contributed by atoms with Crippen molar-refractivity contribution in [3.63, 3.8) is 0 Å². The molecule has 32 heavy (non-hydrogen) atoms. The normalized spacial score (nSPS) is 10.9. The van der Waals surface area contributed by atoms with Crippen LogP contribution in [0.25, 0.3) is 0 Å². The minimum absolute atomic E-state index is 0.131. The summed E-state index contributed by atoms with van der Waals surface area (Å²) < 4.78 is 40.5. The molecule has 1 amide bonds. The van der Waals surface area contributed by atoms with Gasteiger partial charge in [0.15, 0.2) is 21.3 Å². The van der Waals surface area contributed by atoms with Crippen LogP contribution in [0.2, 0.25) is 0 Å². The number of ether oxygens (including phenoxy) is 3. The van der Waals surface area contributed by atoms with E-state index in [2.05, 4.69) is 5.32 Å². The Hall–Kier alpha value is -3.52. The average Bonchev–Trinajstić information content (AvgIpc) is 2.78. The van der Waals surface area contributed by atoms with Crippen LogP contribution in [-0.4, -0.2) is 40.4 Å². The zero-order valence-corrected chi connectivity index (χ0v) is 18.7. The molecule has 0 heterocycles. The molecule has 3 aromatic carbocycles. The minimum atomic E-state index is -3.37. The summed E-state index contributed by atoms with van der Waals surface area (Å²) in [6.45, 7) is 2.90. The molecule has 0 aliphatic heterocycles.